The van der Waals surface area contributed by atoms with Crippen molar-refractivity contribution in [2.45, 2.75) is 50.6 Å². The zero-order valence-electron chi connectivity index (χ0n) is 18.7. The van der Waals surface area contributed by atoms with E-state index >= 15 is 0 Å². The van der Waals surface area contributed by atoms with Crippen LogP contribution < -0.4 is 4.90 Å². The quantitative estimate of drug-likeness (QED) is 0.532. The number of benzene rings is 1. The van der Waals surface area contributed by atoms with E-state index in [0.717, 1.165) is 49.0 Å². The number of alkyl halides is 2. The average Bonchev–Trinajstić information content (AvgIpc) is 3.64. The fourth-order valence-electron chi connectivity index (χ4n) is 5.19. The number of rotatable bonds is 5. The molecule has 0 spiro atoms. The molecule has 6 rings (SSSR count). The highest BCUT2D eigenvalue weighted by molar-refractivity contribution is 6.30. The van der Waals surface area contributed by atoms with Crippen molar-refractivity contribution in [1.82, 2.24) is 29.6 Å². The predicted octanol–water partition coefficient (Wildman–Crippen LogP) is 4.46. The molecule has 0 atom stereocenters. The van der Waals surface area contributed by atoms with Crippen LogP contribution in [0.2, 0.25) is 5.02 Å². The molecule has 1 aliphatic carbocycles. The minimum absolute atomic E-state index is 0.212. The molecule has 0 amide bonds. The van der Waals surface area contributed by atoms with E-state index in [9.17, 15) is 8.78 Å². The van der Waals surface area contributed by atoms with E-state index in [-0.39, 0.29) is 12.5 Å². The van der Waals surface area contributed by atoms with Crippen LogP contribution in [0.1, 0.15) is 48.8 Å². The maximum atomic E-state index is 14.7. The van der Waals surface area contributed by atoms with Gasteiger partial charge in [-0.15, -0.1) is 10.2 Å². The van der Waals surface area contributed by atoms with Crippen molar-refractivity contribution in [3.63, 3.8) is 0 Å². The van der Waals surface area contributed by atoms with E-state index in [1.54, 1.807) is 17.3 Å². The lowest BCUT2D eigenvalue weighted by Gasteiger charge is -2.31. The summed E-state index contributed by atoms with van der Waals surface area (Å²) in [5, 5.41) is 9.66. The summed E-state index contributed by atoms with van der Waals surface area (Å²) in [6.07, 6.45) is 6.51. The first-order valence-corrected chi connectivity index (χ1v) is 12.2. The monoisotopic (exact) mass is 485 g/mol. The van der Waals surface area contributed by atoms with Gasteiger partial charge in [-0.05, 0) is 55.5 Å². The van der Waals surface area contributed by atoms with E-state index < -0.39 is 11.8 Å². The lowest BCUT2D eigenvalue weighted by Crippen LogP contribution is -2.37. The Hall–Kier alpha value is -2.65. The first-order valence-electron chi connectivity index (χ1n) is 11.8. The Labute approximate surface area is 201 Å². The summed E-state index contributed by atoms with van der Waals surface area (Å²) >= 11 is 6.31. The van der Waals surface area contributed by atoms with Gasteiger partial charge in [0.1, 0.15) is 5.82 Å². The first-order chi connectivity index (χ1) is 16.5. The standard InChI is InChI=1S/C24H26ClF2N7/c25-19-4-5-20-17(12-19)13-32(15-24(26,27)18-2-3-18)14-21-30-31-22(34(20)21)16-6-10-33(11-7-16)23-28-8-1-9-29-23/h1,4-5,8-9,12,16,18H,2-3,6-7,10-11,13-15H2. The maximum absolute atomic E-state index is 14.7. The molecule has 178 valence electrons. The SMILES string of the molecule is FC(F)(CN1Cc2cc(Cl)ccc2-n2c(nnc2C2CCN(c3ncccn3)CC2)C1)C1CC1. The van der Waals surface area contributed by atoms with Crippen LogP contribution in [-0.4, -0.2) is 55.2 Å². The van der Waals surface area contributed by atoms with Crippen LogP contribution in [0.25, 0.3) is 5.69 Å². The van der Waals surface area contributed by atoms with Gasteiger partial charge in [0.2, 0.25) is 5.95 Å². The highest BCUT2D eigenvalue weighted by Crippen LogP contribution is 2.44. The Morgan fingerprint density at radius 1 is 1.00 bits per heavy atom. The second-order valence-corrected chi connectivity index (χ2v) is 10.0. The van der Waals surface area contributed by atoms with Crippen LogP contribution in [0.4, 0.5) is 14.7 Å². The summed E-state index contributed by atoms with van der Waals surface area (Å²) in [6.45, 7) is 2.11. The summed E-state index contributed by atoms with van der Waals surface area (Å²) in [5.41, 5.74) is 1.86. The maximum Gasteiger partial charge on any atom is 0.263 e. The molecule has 4 heterocycles. The van der Waals surface area contributed by atoms with Crippen LogP contribution in [0.3, 0.4) is 0 Å². The van der Waals surface area contributed by atoms with Crippen molar-refractivity contribution in [3.8, 4) is 5.69 Å². The highest BCUT2D eigenvalue weighted by Gasteiger charge is 2.48. The van der Waals surface area contributed by atoms with Gasteiger partial charge in [0.05, 0.1) is 18.8 Å². The molecule has 0 unspecified atom stereocenters. The summed E-state index contributed by atoms with van der Waals surface area (Å²) in [4.78, 5) is 12.7. The van der Waals surface area contributed by atoms with Gasteiger partial charge in [-0.3, -0.25) is 9.47 Å². The number of hydrogen-bond acceptors (Lipinski definition) is 6. The Morgan fingerprint density at radius 2 is 1.76 bits per heavy atom. The summed E-state index contributed by atoms with van der Waals surface area (Å²) in [6, 6.07) is 7.50. The van der Waals surface area contributed by atoms with Crippen molar-refractivity contribution in [2.24, 2.45) is 5.92 Å². The first kappa shape index (κ1) is 21.9. The van der Waals surface area contributed by atoms with Crippen molar-refractivity contribution >= 4 is 17.5 Å². The Bertz CT molecular complexity index is 1170. The van der Waals surface area contributed by atoms with Crippen LogP contribution in [0, 0.1) is 5.92 Å². The molecule has 2 fully saturated rings. The van der Waals surface area contributed by atoms with Gasteiger partial charge >= 0.3 is 0 Å². The highest BCUT2D eigenvalue weighted by atomic mass is 35.5. The van der Waals surface area contributed by atoms with E-state index in [4.69, 9.17) is 11.6 Å². The molecule has 1 saturated heterocycles. The topological polar surface area (TPSA) is 63.0 Å². The van der Waals surface area contributed by atoms with Crippen LogP contribution in [-0.2, 0) is 13.1 Å². The fourth-order valence-corrected chi connectivity index (χ4v) is 5.39. The number of hydrogen-bond donors (Lipinski definition) is 0. The fraction of sp³-hybridized carbons (Fsp3) is 0.500. The van der Waals surface area contributed by atoms with Crippen molar-refractivity contribution in [3.05, 3.63) is 58.9 Å². The van der Waals surface area contributed by atoms with Crippen LogP contribution in [0.15, 0.2) is 36.7 Å². The van der Waals surface area contributed by atoms with E-state index in [0.29, 0.717) is 36.8 Å². The third-order valence-corrected chi connectivity index (χ3v) is 7.34. The molecule has 7 nitrogen and oxygen atoms in total. The minimum atomic E-state index is -2.69. The molecule has 3 aliphatic rings. The number of aromatic nitrogens is 5. The molecule has 1 saturated carbocycles. The van der Waals surface area contributed by atoms with Crippen molar-refractivity contribution < 1.29 is 8.78 Å². The molecular weight excluding hydrogens is 460 g/mol. The smallest absolute Gasteiger partial charge is 0.263 e. The van der Waals surface area contributed by atoms with Gasteiger partial charge in [0.25, 0.3) is 5.92 Å². The molecule has 0 radical (unpaired) electrons. The van der Waals surface area contributed by atoms with E-state index in [1.165, 1.54) is 0 Å². The molecule has 0 N–H and O–H groups in total. The second-order valence-electron chi connectivity index (χ2n) is 9.57. The Morgan fingerprint density at radius 3 is 2.50 bits per heavy atom. The van der Waals surface area contributed by atoms with E-state index in [1.807, 2.05) is 24.3 Å². The lowest BCUT2D eigenvalue weighted by atomic mass is 9.95. The molecule has 0 bridgehead atoms. The number of halogens is 3. The summed E-state index contributed by atoms with van der Waals surface area (Å²) in [5.74, 6) is -0.637. The van der Waals surface area contributed by atoms with E-state index in [2.05, 4.69) is 29.6 Å². The number of piperidine rings is 1. The lowest BCUT2D eigenvalue weighted by molar-refractivity contribution is -0.0558. The molecule has 2 aromatic heterocycles. The largest absolute Gasteiger partial charge is 0.341 e. The Kier molecular flexibility index (Phi) is 5.49. The molecule has 1 aromatic carbocycles. The third-order valence-electron chi connectivity index (χ3n) is 7.10. The molecule has 10 heteroatoms. The van der Waals surface area contributed by atoms with Gasteiger partial charge in [0.15, 0.2) is 5.82 Å². The number of anilines is 1. The predicted molar refractivity (Wildman–Crippen MR) is 124 cm³/mol. The van der Waals surface area contributed by atoms with Gasteiger partial charge < -0.3 is 4.90 Å². The van der Waals surface area contributed by atoms with Gasteiger partial charge in [-0.1, -0.05) is 11.6 Å². The van der Waals surface area contributed by atoms with Crippen LogP contribution in [0.5, 0.6) is 0 Å². The van der Waals surface area contributed by atoms with Crippen LogP contribution >= 0.6 is 11.6 Å². The average molecular weight is 486 g/mol. The van der Waals surface area contributed by atoms with Gasteiger partial charge in [-0.25, -0.2) is 18.7 Å². The zero-order valence-corrected chi connectivity index (χ0v) is 19.5. The molecular formula is C24H26ClF2N7. The van der Waals surface area contributed by atoms with Gasteiger partial charge in [-0.2, -0.15) is 0 Å². The third kappa shape index (κ3) is 4.15. The number of fused-ring (bicyclic) bond motifs is 3. The minimum Gasteiger partial charge on any atom is -0.341 e. The molecule has 2 aliphatic heterocycles. The molecule has 34 heavy (non-hydrogen) atoms. The van der Waals surface area contributed by atoms with Crippen molar-refractivity contribution in [2.75, 3.05) is 24.5 Å². The van der Waals surface area contributed by atoms with Gasteiger partial charge in [0, 0.05) is 48.9 Å². The summed E-state index contributed by atoms with van der Waals surface area (Å²) in [7, 11) is 0. The molecule has 3 aromatic rings. The summed E-state index contributed by atoms with van der Waals surface area (Å²) < 4.78 is 31.5. The normalized spacial score (nSPS) is 19.6. The number of nitrogens with zero attached hydrogens (tertiary/aromatic N) is 7. The second kappa shape index (κ2) is 8.53. The van der Waals surface area contributed by atoms with Crippen molar-refractivity contribution in [1.29, 1.82) is 0 Å². The Balaban J connectivity index is 1.29. The zero-order chi connectivity index (χ0) is 23.3.